The highest BCUT2D eigenvalue weighted by molar-refractivity contribution is 5.66. The van der Waals surface area contributed by atoms with Crippen molar-refractivity contribution in [2.24, 2.45) is 0 Å². The summed E-state index contributed by atoms with van der Waals surface area (Å²) in [6, 6.07) is 12.9. The van der Waals surface area contributed by atoms with E-state index in [0.717, 1.165) is 16.8 Å². The number of aromatic amines is 1. The molecule has 1 aliphatic rings. The van der Waals surface area contributed by atoms with Gasteiger partial charge in [0, 0.05) is 35.5 Å². The van der Waals surface area contributed by atoms with E-state index in [1.165, 1.54) is 10.6 Å². The Labute approximate surface area is 147 Å². The van der Waals surface area contributed by atoms with Crippen LogP contribution < -0.4 is 15.0 Å². The van der Waals surface area contributed by atoms with Crippen molar-refractivity contribution in [3.63, 3.8) is 0 Å². The van der Waals surface area contributed by atoms with Gasteiger partial charge in [0.25, 0.3) is 5.56 Å². The number of aromatic nitrogens is 4. The number of pyridine rings is 1. The molecule has 0 saturated carbocycles. The zero-order chi connectivity index (χ0) is 17.5. The molecule has 1 N–H and O–H groups in total. The quantitative estimate of drug-likeness (QED) is 0.616. The minimum absolute atomic E-state index is 0.196. The van der Waals surface area contributed by atoms with E-state index in [0.29, 0.717) is 29.3 Å². The fourth-order valence-electron chi connectivity index (χ4n) is 3.08. The molecule has 4 heterocycles. The molecule has 0 radical (unpaired) electrons. The summed E-state index contributed by atoms with van der Waals surface area (Å²) in [5.41, 5.74) is 3.83. The molecule has 5 rings (SSSR count). The lowest BCUT2D eigenvalue weighted by molar-refractivity contribution is 0.174. The van der Waals surface area contributed by atoms with Crippen LogP contribution in [0.3, 0.4) is 0 Å². The lowest BCUT2D eigenvalue weighted by atomic mass is 10.1. The number of nitrogens with zero attached hydrogens (tertiary/aromatic N) is 3. The molecule has 26 heavy (non-hydrogen) atoms. The minimum atomic E-state index is -0.196. The third kappa shape index (κ3) is 2.41. The van der Waals surface area contributed by atoms with Gasteiger partial charge in [-0.2, -0.15) is 9.61 Å². The molecule has 0 bridgehead atoms. The molecule has 128 valence electrons. The first-order valence-electron chi connectivity index (χ1n) is 8.18. The Balaban J connectivity index is 1.61. The Kier molecular flexibility index (Phi) is 3.24. The van der Waals surface area contributed by atoms with Gasteiger partial charge in [-0.05, 0) is 30.3 Å². The van der Waals surface area contributed by atoms with Crippen molar-refractivity contribution < 1.29 is 9.47 Å². The van der Waals surface area contributed by atoms with Gasteiger partial charge in [-0.1, -0.05) is 6.07 Å². The van der Waals surface area contributed by atoms with Crippen molar-refractivity contribution in [2.75, 3.05) is 6.79 Å². The molecule has 0 aliphatic carbocycles. The summed E-state index contributed by atoms with van der Waals surface area (Å²) in [6.45, 7) is 0.213. The van der Waals surface area contributed by atoms with Crippen LogP contribution in [-0.2, 0) is 6.42 Å². The van der Waals surface area contributed by atoms with Gasteiger partial charge in [0.2, 0.25) is 6.79 Å². The maximum Gasteiger partial charge on any atom is 0.274 e. The predicted molar refractivity (Wildman–Crippen MR) is 94.4 cm³/mol. The highest BCUT2D eigenvalue weighted by Crippen LogP contribution is 2.35. The monoisotopic (exact) mass is 346 g/mol. The average Bonchev–Trinajstić information content (AvgIpc) is 3.29. The van der Waals surface area contributed by atoms with Gasteiger partial charge in [0.15, 0.2) is 11.5 Å². The highest BCUT2D eigenvalue weighted by Gasteiger charge is 2.16. The molecule has 0 spiro atoms. The lowest BCUT2D eigenvalue weighted by Gasteiger charge is -2.06. The molecule has 0 fully saturated rings. The molecular formula is C19H14N4O3. The van der Waals surface area contributed by atoms with E-state index in [-0.39, 0.29) is 12.4 Å². The average molecular weight is 346 g/mol. The summed E-state index contributed by atoms with van der Waals surface area (Å²) in [7, 11) is 0. The number of benzene rings is 1. The van der Waals surface area contributed by atoms with Crippen LogP contribution >= 0.6 is 0 Å². The van der Waals surface area contributed by atoms with Crippen LogP contribution in [0, 0.1) is 0 Å². The molecule has 0 unspecified atom stereocenters. The maximum absolute atomic E-state index is 12.5. The molecule has 0 atom stereocenters. The Hall–Kier alpha value is -3.61. The third-order valence-electron chi connectivity index (χ3n) is 4.36. The van der Waals surface area contributed by atoms with Crippen molar-refractivity contribution in [3.8, 4) is 22.8 Å². The van der Waals surface area contributed by atoms with Gasteiger partial charge in [0.1, 0.15) is 5.65 Å². The fourth-order valence-corrected chi connectivity index (χ4v) is 3.08. The lowest BCUT2D eigenvalue weighted by Crippen LogP contribution is -2.14. The van der Waals surface area contributed by atoms with Gasteiger partial charge >= 0.3 is 0 Å². The van der Waals surface area contributed by atoms with Crippen LogP contribution in [0.1, 0.15) is 11.3 Å². The zero-order valence-electron chi connectivity index (χ0n) is 13.7. The molecule has 7 nitrogen and oxygen atoms in total. The Morgan fingerprint density at radius 3 is 2.92 bits per heavy atom. The van der Waals surface area contributed by atoms with Crippen LogP contribution in [0.5, 0.6) is 11.5 Å². The molecule has 4 aromatic rings. The first-order valence-corrected chi connectivity index (χ1v) is 8.18. The SMILES string of the molecule is O=c1cc(-c2ccc3c(c2)OCO3)[nH]c2c(Cc3ccccn3)cnn12. The molecule has 3 aromatic heterocycles. The summed E-state index contributed by atoms with van der Waals surface area (Å²) in [6.07, 6.45) is 4.04. The smallest absolute Gasteiger partial charge is 0.274 e. The molecule has 1 aromatic carbocycles. The van der Waals surface area contributed by atoms with E-state index in [9.17, 15) is 4.79 Å². The minimum Gasteiger partial charge on any atom is -0.454 e. The number of ether oxygens (including phenoxy) is 2. The molecule has 0 saturated heterocycles. The van der Waals surface area contributed by atoms with Crippen LogP contribution in [-0.4, -0.2) is 26.4 Å². The van der Waals surface area contributed by atoms with Gasteiger partial charge in [-0.25, -0.2) is 0 Å². The Morgan fingerprint density at radius 2 is 2.04 bits per heavy atom. The van der Waals surface area contributed by atoms with Gasteiger partial charge < -0.3 is 14.5 Å². The predicted octanol–water partition coefficient (Wildman–Crippen LogP) is 2.40. The van der Waals surface area contributed by atoms with E-state index < -0.39 is 0 Å². The fraction of sp³-hybridized carbons (Fsp3) is 0.105. The first kappa shape index (κ1) is 14.7. The van der Waals surface area contributed by atoms with Crippen molar-refractivity contribution in [3.05, 3.63) is 76.5 Å². The maximum atomic E-state index is 12.5. The normalized spacial score (nSPS) is 12.6. The molecule has 1 aliphatic heterocycles. The van der Waals surface area contributed by atoms with Gasteiger partial charge in [0.05, 0.1) is 11.9 Å². The molecule has 0 amide bonds. The van der Waals surface area contributed by atoms with E-state index in [4.69, 9.17) is 9.47 Å². The second-order valence-electron chi connectivity index (χ2n) is 6.02. The Bertz CT molecular complexity index is 1160. The topological polar surface area (TPSA) is 81.5 Å². The van der Waals surface area contributed by atoms with E-state index in [1.807, 2.05) is 36.4 Å². The molecule has 7 heteroatoms. The third-order valence-corrected chi connectivity index (χ3v) is 4.36. The Morgan fingerprint density at radius 1 is 1.12 bits per heavy atom. The van der Waals surface area contributed by atoms with E-state index in [2.05, 4.69) is 15.1 Å². The summed E-state index contributed by atoms with van der Waals surface area (Å²) >= 11 is 0. The van der Waals surface area contributed by atoms with Crippen LogP contribution in [0.15, 0.2) is 59.7 Å². The van der Waals surface area contributed by atoms with Crippen molar-refractivity contribution in [1.29, 1.82) is 0 Å². The summed E-state index contributed by atoms with van der Waals surface area (Å²) in [5, 5.41) is 4.21. The van der Waals surface area contributed by atoms with E-state index >= 15 is 0 Å². The zero-order valence-corrected chi connectivity index (χ0v) is 13.7. The summed E-state index contributed by atoms with van der Waals surface area (Å²) in [5.74, 6) is 1.38. The number of hydrogen-bond donors (Lipinski definition) is 1. The van der Waals surface area contributed by atoms with Crippen LogP contribution in [0.4, 0.5) is 0 Å². The van der Waals surface area contributed by atoms with Crippen LogP contribution in [0.2, 0.25) is 0 Å². The number of hydrogen-bond acceptors (Lipinski definition) is 5. The van der Waals surface area contributed by atoms with Crippen molar-refractivity contribution in [1.82, 2.24) is 19.6 Å². The first-order chi connectivity index (χ1) is 12.8. The van der Waals surface area contributed by atoms with E-state index in [1.54, 1.807) is 12.4 Å². The summed E-state index contributed by atoms with van der Waals surface area (Å²) in [4.78, 5) is 20.1. The van der Waals surface area contributed by atoms with Gasteiger partial charge in [-0.15, -0.1) is 0 Å². The van der Waals surface area contributed by atoms with Gasteiger partial charge in [-0.3, -0.25) is 9.78 Å². The van der Waals surface area contributed by atoms with Crippen molar-refractivity contribution in [2.45, 2.75) is 6.42 Å². The second-order valence-corrected chi connectivity index (χ2v) is 6.02. The number of H-pyrrole nitrogens is 1. The van der Waals surface area contributed by atoms with Crippen molar-refractivity contribution >= 4 is 5.65 Å². The highest BCUT2D eigenvalue weighted by atomic mass is 16.7. The largest absolute Gasteiger partial charge is 0.454 e. The molecular weight excluding hydrogens is 332 g/mol. The summed E-state index contributed by atoms with van der Waals surface area (Å²) < 4.78 is 12.1. The number of nitrogens with one attached hydrogen (secondary N) is 1. The van der Waals surface area contributed by atoms with Crippen LogP contribution in [0.25, 0.3) is 16.9 Å². The number of fused-ring (bicyclic) bond motifs is 2. The standard InChI is InChI=1S/C19H14N4O3/c24-18-9-15(12-4-5-16-17(8-12)26-11-25-16)22-19-13(10-21-23(18)19)7-14-3-1-2-6-20-14/h1-6,8-10,22H,7,11H2. The second kappa shape index (κ2) is 5.73. The number of rotatable bonds is 3.